The van der Waals surface area contributed by atoms with Crippen molar-refractivity contribution in [3.8, 4) is 0 Å². The number of rotatable bonds is 0. The standard InChI is InChI=1S/C6H12N2OS/c1-6(9)3-4-7-5(10)8(6)2/h9H,3-4H2,1-2H3,(H,7,10). The topological polar surface area (TPSA) is 35.5 Å². The van der Waals surface area contributed by atoms with Gasteiger partial charge in [-0.05, 0) is 19.1 Å². The summed E-state index contributed by atoms with van der Waals surface area (Å²) < 4.78 is 0. The maximum atomic E-state index is 9.61. The van der Waals surface area contributed by atoms with Crippen LogP contribution in [0.2, 0.25) is 0 Å². The molecule has 0 aliphatic carbocycles. The summed E-state index contributed by atoms with van der Waals surface area (Å²) in [7, 11) is 1.79. The van der Waals surface area contributed by atoms with Gasteiger partial charge in [0.05, 0.1) is 0 Å². The highest BCUT2D eigenvalue weighted by atomic mass is 32.1. The fourth-order valence-electron chi connectivity index (χ4n) is 0.911. The number of hydrogen-bond acceptors (Lipinski definition) is 2. The minimum absolute atomic E-state index is 0.622. The van der Waals surface area contributed by atoms with E-state index in [0.29, 0.717) is 11.5 Å². The van der Waals surface area contributed by atoms with Crippen molar-refractivity contribution in [1.29, 1.82) is 0 Å². The van der Waals surface area contributed by atoms with E-state index in [1.54, 1.807) is 18.9 Å². The zero-order valence-electron chi connectivity index (χ0n) is 6.22. The summed E-state index contributed by atoms with van der Waals surface area (Å²) in [5.74, 6) is 0. The Bertz CT molecular complexity index is 158. The Labute approximate surface area is 66.0 Å². The molecular formula is C6H12N2OS. The van der Waals surface area contributed by atoms with Gasteiger partial charge in [0.2, 0.25) is 0 Å². The molecule has 3 nitrogen and oxygen atoms in total. The van der Waals surface area contributed by atoms with Crippen molar-refractivity contribution in [1.82, 2.24) is 10.2 Å². The van der Waals surface area contributed by atoms with E-state index in [4.69, 9.17) is 12.2 Å². The molecule has 4 heteroatoms. The zero-order chi connectivity index (χ0) is 7.78. The molecule has 1 heterocycles. The van der Waals surface area contributed by atoms with Crippen LogP contribution in [0, 0.1) is 0 Å². The average Bonchev–Trinajstić information content (AvgIpc) is 1.83. The molecule has 1 saturated heterocycles. The van der Waals surface area contributed by atoms with Crippen LogP contribution < -0.4 is 5.32 Å². The highest BCUT2D eigenvalue weighted by molar-refractivity contribution is 7.80. The fraction of sp³-hybridized carbons (Fsp3) is 0.833. The minimum atomic E-state index is -0.762. The summed E-state index contributed by atoms with van der Waals surface area (Å²) in [4.78, 5) is 1.67. The summed E-state index contributed by atoms with van der Waals surface area (Å²) >= 11 is 4.93. The monoisotopic (exact) mass is 160 g/mol. The van der Waals surface area contributed by atoms with Crippen molar-refractivity contribution in [2.45, 2.75) is 19.1 Å². The Morgan fingerprint density at radius 3 is 2.80 bits per heavy atom. The van der Waals surface area contributed by atoms with Gasteiger partial charge in [-0.25, -0.2) is 0 Å². The van der Waals surface area contributed by atoms with Gasteiger partial charge in [-0.3, -0.25) is 0 Å². The maximum Gasteiger partial charge on any atom is 0.170 e. The predicted octanol–water partition coefficient (Wildman–Crippen LogP) is -0.0951. The highest BCUT2D eigenvalue weighted by Gasteiger charge is 2.30. The third-order valence-electron chi connectivity index (χ3n) is 1.90. The van der Waals surface area contributed by atoms with Gasteiger partial charge in [-0.1, -0.05) is 0 Å². The van der Waals surface area contributed by atoms with Crippen LogP contribution in [0.5, 0.6) is 0 Å². The lowest BCUT2D eigenvalue weighted by Crippen LogP contribution is -2.57. The second-order valence-electron chi connectivity index (χ2n) is 2.76. The SMILES string of the molecule is CN1C(=S)NCCC1(C)O. The normalized spacial score (nSPS) is 33.9. The molecule has 0 aromatic carbocycles. The fourth-order valence-corrected chi connectivity index (χ4v) is 1.21. The largest absolute Gasteiger partial charge is 0.371 e. The predicted molar refractivity (Wildman–Crippen MR) is 43.6 cm³/mol. The number of thiocarbonyl (C=S) groups is 1. The van der Waals surface area contributed by atoms with Crippen LogP contribution in [-0.2, 0) is 0 Å². The molecule has 0 saturated carbocycles. The molecule has 1 fully saturated rings. The van der Waals surface area contributed by atoms with Gasteiger partial charge in [0.15, 0.2) is 5.11 Å². The molecule has 0 aromatic rings. The number of hydrogen-bond donors (Lipinski definition) is 2. The first kappa shape index (κ1) is 7.75. The summed E-state index contributed by atoms with van der Waals surface area (Å²) in [5, 5.41) is 13.2. The van der Waals surface area contributed by atoms with Crippen LogP contribution in [0.25, 0.3) is 0 Å². The molecule has 1 rings (SSSR count). The van der Waals surface area contributed by atoms with Crippen molar-refractivity contribution < 1.29 is 5.11 Å². The molecular weight excluding hydrogens is 148 g/mol. The van der Waals surface area contributed by atoms with Gasteiger partial charge in [-0.2, -0.15) is 0 Å². The molecule has 58 valence electrons. The van der Waals surface area contributed by atoms with Gasteiger partial charge in [0.1, 0.15) is 5.72 Å². The quantitative estimate of drug-likeness (QED) is 0.485. The molecule has 0 radical (unpaired) electrons. The molecule has 1 aliphatic rings. The number of nitrogens with one attached hydrogen (secondary N) is 1. The Morgan fingerprint density at radius 1 is 1.80 bits per heavy atom. The summed E-state index contributed by atoms with van der Waals surface area (Å²) in [6, 6.07) is 0. The second kappa shape index (κ2) is 2.36. The van der Waals surface area contributed by atoms with Crippen LogP contribution in [0.1, 0.15) is 13.3 Å². The molecule has 0 bridgehead atoms. The number of nitrogens with zero attached hydrogens (tertiary/aromatic N) is 1. The minimum Gasteiger partial charge on any atom is -0.371 e. The molecule has 1 unspecified atom stereocenters. The van der Waals surface area contributed by atoms with Gasteiger partial charge < -0.3 is 15.3 Å². The van der Waals surface area contributed by atoms with Crippen LogP contribution >= 0.6 is 12.2 Å². The second-order valence-corrected chi connectivity index (χ2v) is 3.14. The molecule has 0 aromatic heterocycles. The van der Waals surface area contributed by atoms with E-state index >= 15 is 0 Å². The Kier molecular flexibility index (Phi) is 1.83. The van der Waals surface area contributed by atoms with Crippen molar-refractivity contribution in [2.24, 2.45) is 0 Å². The van der Waals surface area contributed by atoms with Crippen LogP contribution in [-0.4, -0.2) is 34.4 Å². The van der Waals surface area contributed by atoms with Crippen molar-refractivity contribution in [3.05, 3.63) is 0 Å². The first-order valence-electron chi connectivity index (χ1n) is 3.28. The summed E-state index contributed by atoms with van der Waals surface area (Å²) in [5.41, 5.74) is -0.762. The lowest BCUT2D eigenvalue weighted by atomic mass is 10.1. The smallest absolute Gasteiger partial charge is 0.170 e. The molecule has 2 N–H and O–H groups in total. The van der Waals surface area contributed by atoms with E-state index in [-0.39, 0.29) is 0 Å². The van der Waals surface area contributed by atoms with Crippen molar-refractivity contribution >= 4 is 17.3 Å². The van der Waals surface area contributed by atoms with E-state index in [2.05, 4.69) is 5.32 Å². The molecule has 1 atom stereocenters. The van der Waals surface area contributed by atoms with Crippen LogP contribution in [0.3, 0.4) is 0 Å². The van der Waals surface area contributed by atoms with Gasteiger partial charge in [0.25, 0.3) is 0 Å². The number of aliphatic hydroxyl groups is 1. The van der Waals surface area contributed by atoms with E-state index in [0.717, 1.165) is 6.54 Å². The average molecular weight is 160 g/mol. The Balaban J connectivity index is 2.69. The van der Waals surface area contributed by atoms with E-state index in [1.807, 2.05) is 0 Å². The zero-order valence-corrected chi connectivity index (χ0v) is 7.03. The van der Waals surface area contributed by atoms with E-state index in [1.165, 1.54) is 0 Å². The maximum absolute atomic E-state index is 9.61. The third kappa shape index (κ3) is 1.22. The highest BCUT2D eigenvalue weighted by Crippen LogP contribution is 2.16. The van der Waals surface area contributed by atoms with Crippen molar-refractivity contribution in [3.63, 3.8) is 0 Å². The Hall–Kier alpha value is -0.350. The lowest BCUT2D eigenvalue weighted by molar-refractivity contribution is -0.0552. The molecule has 0 amide bonds. The van der Waals surface area contributed by atoms with Gasteiger partial charge >= 0.3 is 0 Å². The first-order chi connectivity index (χ1) is 4.54. The van der Waals surface area contributed by atoms with Crippen LogP contribution in [0.15, 0.2) is 0 Å². The lowest BCUT2D eigenvalue weighted by Gasteiger charge is -2.40. The summed E-state index contributed by atoms with van der Waals surface area (Å²) in [6.45, 7) is 2.52. The molecule has 10 heavy (non-hydrogen) atoms. The van der Waals surface area contributed by atoms with Crippen LogP contribution in [0.4, 0.5) is 0 Å². The van der Waals surface area contributed by atoms with Gasteiger partial charge in [0, 0.05) is 20.0 Å². The summed E-state index contributed by atoms with van der Waals surface area (Å²) in [6.07, 6.45) is 0.712. The molecule has 1 aliphatic heterocycles. The van der Waals surface area contributed by atoms with Gasteiger partial charge in [-0.15, -0.1) is 0 Å². The van der Waals surface area contributed by atoms with Crippen molar-refractivity contribution in [2.75, 3.05) is 13.6 Å². The van der Waals surface area contributed by atoms with E-state index < -0.39 is 5.72 Å². The van der Waals surface area contributed by atoms with E-state index in [9.17, 15) is 5.11 Å². The molecule has 0 spiro atoms. The third-order valence-corrected chi connectivity index (χ3v) is 2.32. The first-order valence-corrected chi connectivity index (χ1v) is 3.69. The Morgan fingerprint density at radius 2 is 2.40 bits per heavy atom.